The second kappa shape index (κ2) is 29.4. The molecule has 1 fully saturated rings. The Morgan fingerprint density at radius 1 is 0.658 bits per heavy atom. The van der Waals surface area contributed by atoms with Crippen LogP contribution in [0.4, 0.5) is 5.69 Å². The van der Waals surface area contributed by atoms with Crippen molar-refractivity contribution in [3.8, 4) is 16.9 Å². The minimum Gasteiger partial charge on any atom is -1.00 e. The molecule has 12 heteroatoms. The van der Waals surface area contributed by atoms with E-state index < -0.39 is 19.0 Å². The number of fused-ring (bicyclic) bond motifs is 1. The zero-order valence-corrected chi connectivity index (χ0v) is 45.2. The highest BCUT2D eigenvalue weighted by molar-refractivity contribution is 7.95. The number of hydrogen-bond donors (Lipinski definition) is 2. The Labute approximate surface area is 445 Å². The number of piperidine rings is 1. The van der Waals surface area contributed by atoms with Crippen LogP contribution >= 0.6 is 18.9 Å². The lowest BCUT2D eigenvalue weighted by molar-refractivity contribution is -0.139. The fourth-order valence-electron chi connectivity index (χ4n) is 10.2. The van der Waals surface area contributed by atoms with Gasteiger partial charge in [-0.1, -0.05) is 143 Å². The summed E-state index contributed by atoms with van der Waals surface area (Å²) in [5.74, 6) is 0.261. The smallest absolute Gasteiger partial charge is 0.336 e. The number of ether oxygens (including phenoxy) is 1. The molecule has 0 aliphatic carbocycles. The molecule has 1 aliphatic heterocycles. The fourth-order valence-corrected chi connectivity index (χ4v) is 14.9. The summed E-state index contributed by atoms with van der Waals surface area (Å²) in [4.78, 5) is 54.2. The predicted molar refractivity (Wildman–Crippen MR) is 299 cm³/mol. The van der Waals surface area contributed by atoms with Crippen LogP contribution in [0.15, 0.2) is 143 Å². The number of rotatable bonds is 27. The van der Waals surface area contributed by atoms with Crippen LogP contribution in [-0.2, 0) is 14.4 Å². The van der Waals surface area contributed by atoms with E-state index in [0.29, 0.717) is 77.3 Å². The highest BCUT2D eigenvalue weighted by Gasteiger charge is 2.44. The quantitative estimate of drug-likeness (QED) is 0.0302. The van der Waals surface area contributed by atoms with Crippen molar-refractivity contribution in [1.29, 1.82) is 0 Å². The standard InChI is InChI=1S/C61H73ClN3O6P.ClH/c1-3-4-5-6-7-8-9-10-11-12-23-32-59(67)64-48-34-36-53(56(62)43-48)55-45-60(68)71-57-44-49(35-37-54(55)57)70-46(2)61(69)65-40-38-47(39-41-65)63-58(66)33-24-16-25-42-72(50-26-17-13-18-27-50,51-28-19-14-20-29-51)52-30-21-15-22-31-52;/h13-15,17-22,26-31,34-37,43-47H,3-12,16,23-25,32-33,38-42H2,1-2H3,(H-,63,64,66,67,68);1H/t46-;/m1./s1. The molecule has 5 aromatic carbocycles. The van der Waals surface area contributed by atoms with E-state index in [1.54, 1.807) is 48.2 Å². The van der Waals surface area contributed by atoms with E-state index in [0.717, 1.165) is 44.7 Å². The van der Waals surface area contributed by atoms with Gasteiger partial charge in [-0.2, -0.15) is 0 Å². The summed E-state index contributed by atoms with van der Waals surface area (Å²) < 4.78 is 11.7. The molecule has 0 saturated carbocycles. The van der Waals surface area contributed by atoms with Crippen molar-refractivity contribution in [3.05, 3.63) is 149 Å². The van der Waals surface area contributed by atoms with Crippen molar-refractivity contribution in [1.82, 2.24) is 10.2 Å². The summed E-state index contributed by atoms with van der Waals surface area (Å²) in [6.45, 7) is 4.99. The van der Waals surface area contributed by atoms with E-state index in [1.807, 2.05) is 0 Å². The van der Waals surface area contributed by atoms with Gasteiger partial charge in [-0.05, 0) is 106 Å². The molecule has 9 nitrogen and oxygen atoms in total. The Hall–Kier alpha value is -5.47. The molecule has 2 heterocycles. The molecule has 388 valence electrons. The number of halogens is 2. The number of anilines is 1. The highest BCUT2D eigenvalue weighted by atomic mass is 35.5. The normalized spacial score (nSPS) is 13.3. The summed E-state index contributed by atoms with van der Waals surface area (Å²) in [7, 11) is -1.90. The molecule has 0 radical (unpaired) electrons. The first-order chi connectivity index (χ1) is 35.1. The third-order valence-electron chi connectivity index (χ3n) is 14.1. The SMILES string of the molecule is CCCCCCCCCCCCCC(=O)Nc1ccc(-c2cc(=O)oc3cc(O[C@H](C)C(=O)N4CCC(NC(=O)CCCCC[P+](c5ccccc5)(c5ccccc5)c5ccccc5)CC4)ccc23)c(Cl)c1.[Cl-]. The number of likely N-dealkylation sites (tertiary alicyclic amines) is 1. The van der Waals surface area contributed by atoms with Crippen LogP contribution in [-0.4, -0.2) is 54.0 Å². The van der Waals surface area contributed by atoms with Gasteiger partial charge in [0.15, 0.2) is 6.10 Å². The van der Waals surface area contributed by atoms with E-state index >= 15 is 0 Å². The Bertz CT molecular complexity index is 2620. The van der Waals surface area contributed by atoms with Crippen molar-refractivity contribution in [3.63, 3.8) is 0 Å². The van der Waals surface area contributed by atoms with Gasteiger partial charge in [0.25, 0.3) is 5.91 Å². The molecule has 0 spiro atoms. The molecular weight excluding hydrogens is 973 g/mol. The maximum atomic E-state index is 13.6. The molecule has 1 atom stereocenters. The van der Waals surface area contributed by atoms with E-state index in [9.17, 15) is 19.2 Å². The van der Waals surface area contributed by atoms with Crippen LogP contribution < -0.4 is 49.3 Å². The molecule has 1 aliphatic rings. The maximum Gasteiger partial charge on any atom is 0.336 e. The molecule has 7 rings (SSSR count). The van der Waals surface area contributed by atoms with Gasteiger partial charge < -0.3 is 37.1 Å². The lowest BCUT2D eigenvalue weighted by Gasteiger charge is -2.34. The van der Waals surface area contributed by atoms with E-state index in [4.69, 9.17) is 20.8 Å². The molecule has 6 aromatic rings. The first-order valence-corrected chi connectivity index (χ1v) is 29.0. The number of unbranched alkanes of at least 4 members (excludes halogenated alkanes) is 12. The van der Waals surface area contributed by atoms with Gasteiger partial charge in [-0.25, -0.2) is 4.79 Å². The second-order valence-corrected chi connectivity index (χ2v) is 23.5. The molecular formula is C61H74Cl2N3O6P. The zero-order valence-electron chi connectivity index (χ0n) is 42.8. The largest absolute Gasteiger partial charge is 1.00 e. The van der Waals surface area contributed by atoms with Gasteiger partial charge in [-0.3, -0.25) is 14.4 Å². The molecule has 0 unspecified atom stereocenters. The van der Waals surface area contributed by atoms with Gasteiger partial charge in [0.2, 0.25) is 11.8 Å². The van der Waals surface area contributed by atoms with Gasteiger partial charge in [-0.15, -0.1) is 0 Å². The van der Waals surface area contributed by atoms with E-state index in [-0.39, 0.29) is 36.2 Å². The monoisotopic (exact) mass is 1050 g/mol. The predicted octanol–water partition coefficient (Wildman–Crippen LogP) is 10.2. The van der Waals surface area contributed by atoms with Crippen molar-refractivity contribution in [2.45, 2.75) is 142 Å². The third kappa shape index (κ3) is 16.3. The number of benzene rings is 5. The topological polar surface area (TPSA) is 118 Å². The number of nitrogens with one attached hydrogen (secondary N) is 2. The van der Waals surface area contributed by atoms with Crippen LogP contribution in [0.1, 0.15) is 129 Å². The number of amides is 3. The average Bonchev–Trinajstić information content (AvgIpc) is 3.39. The van der Waals surface area contributed by atoms with Crippen LogP contribution in [0.3, 0.4) is 0 Å². The lowest BCUT2D eigenvalue weighted by atomic mass is 10.0. The molecule has 3 amide bonds. The Morgan fingerprint density at radius 3 is 1.75 bits per heavy atom. The summed E-state index contributed by atoms with van der Waals surface area (Å²) in [6.07, 6.45) is 18.8. The van der Waals surface area contributed by atoms with Crippen molar-refractivity contribution in [2.75, 3.05) is 24.6 Å². The van der Waals surface area contributed by atoms with Crippen LogP contribution in [0, 0.1) is 0 Å². The molecule has 1 aromatic heterocycles. The molecule has 2 N–H and O–H groups in total. The summed E-state index contributed by atoms with van der Waals surface area (Å²) in [5, 5.41) is 11.4. The average molecular weight is 1050 g/mol. The van der Waals surface area contributed by atoms with Crippen LogP contribution in [0.2, 0.25) is 5.02 Å². The van der Waals surface area contributed by atoms with Crippen molar-refractivity contribution >= 4 is 69.2 Å². The van der Waals surface area contributed by atoms with Gasteiger partial charge >= 0.3 is 5.63 Å². The maximum absolute atomic E-state index is 13.6. The number of carbonyl (C=O) groups excluding carboxylic acids is 3. The minimum absolute atomic E-state index is 0. The second-order valence-electron chi connectivity index (χ2n) is 19.4. The van der Waals surface area contributed by atoms with Gasteiger partial charge in [0.1, 0.15) is 34.5 Å². The molecule has 73 heavy (non-hydrogen) atoms. The summed E-state index contributed by atoms with van der Waals surface area (Å²) in [6, 6.07) is 44.6. The van der Waals surface area contributed by atoms with Gasteiger partial charge in [0, 0.05) is 66.3 Å². The Balaban J connectivity index is 0.00000869. The summed E-state index contributed by atoms with van der Waals surface area (Å²) >= 11 is 6.79. The summed E-state index contributed by atoms with van der Waals surface area (Å²) in [5.41, 5.74) is 1.56. The third-order valence-corrected chi connectivity index (χ3v) is 18.9. The van der Waals surface area contributed by atoms with Crippen LogP contribution in [0.25, 0.3) is 22.1 Å². The first-order valence-electron chi connectivity index (χ1n) is 26.6. The minimum atomic E-state index is -1.90. The van der Waals surface area contributed by atoms with Crippen molar-refractivity contribution < 1.29 is 35.9 Å². The van der Waals surface area contributed by atoms with Crippen LogP contribution in [0.5, 0.6) is 5.75 Å². The van der Waals surface area contributed by atoms with Gasteiger partial charge in [0.05, 0.1) is 11.2 Å². The number of nitrogens with zero attached hydrogens (tertiary/aromatic N) is 1. The Kier molecular flexibility index (Phi) is 22.9. The van der Waals surface area contributed by atoms with E-state index in [2.05, 4.69) is 109 Å². The number of hydrogen-bond acceptors (Lipinski definition) is 6. The highest BCUT2D eigenvalue weighted by Crippen LogP contribution is 2.56. The fraction of sp³-hybridized carbons (Fsp3) is 0.410. The Morgan fingerprint density at radius 2 is 1.19 bits per heavy atom. The molecule has 1 saturated heterocycles. The van der Waals surface area contributed by atoms with E-state index in [1.165, 1.54) is 73.3 Å². The lowest BCUT2D eigenvalue weighted by Crippen LogP contribution is -3.00. The zero-order chi connectivity index (χ0) is 50.5. The molecule has 0 bridgehead atoms. The van der Waals surface area contributed by atoms with Crippen molar-refractivity contribution in [2.24, 2.45) is 0 Å². The number of carbonyl (C=O) groups is 3. The first kappa shape index (κ1) is 56.8.